The largest absolute Gasteiger partial charge is 0.476 e. The molecule has 0 aliphatic rings. The summed E-state index contributed by atoms with van der Waals surface area (Å²) < 4.78 is 0. The Morgan fingerprint density at radius 1 is 1.39 bits per heavy atom. The van der Waals surface area contributed by atoms with Gasteiger partial charge in [-0.3, -0.25) is 0 Å². The molecule has 2 aromatic rings. The molecular formula is C17H21N3O2S. The number of thiazole rings is 1. The SMILES string of the molecule is CCN(C)C=Nc1cc(C)c(Cc2nc(C(=O)O)cs2)cc1C. The van der Waals surface area contributed by atoms with Crippen molar-refractivity contribution in [2.75, 3.05) is 13.6 Å². The van der Waals surface area contributed by atoms with Crippen LogP contribution in [-0.2, 0) is 6.42 Å². The quantitative estimate of drug-likeness (QED) is 0.648. The van der Waals surface area contributed by atoms with E-state index in [4.69, 9.17) is 5.11 Å². The fourth-order valence-corrected chi connectivity index (χ4v) is 2.88. The number of carboxylic acid groups (broad SMARTS) is 1. The molecule has 0 aliphatic heterocycles. The lowest BCUT2D eigenvalue weighted by Gasteiger charge is -2.11. The number of hydrogen-bond donors (Lipinski definition) is 1. The summed E-state index contributed by atoms with van der Waals surface area (Å²) in [6, 6.07) is 4.17. The Kier molecular flexibility index (Phi) is 5.50. The molecule has 0 fully saturated rings. The normalized spacial score (nSPS) is 11.1. The minimum Gasteiger partial charge on any atom is -0.476 e. The van der Waals surface area contributed by atoms with Gasteiger partial charge in [-0.15, -0.1) is 11.3 Å². The average molecular weight is 331 g/mol. The molecule has 0 saturated heterocycles. The summed E-state index contributed by atoms with van der Waals surface area (Å²) in [6.07, 6.45) is 2.48. The molecule has 23 heavy (non-hydrogen) atoms. The number of hydrogen-bond acceptors (Lipinski definition) is 4. The summed E-state index contributed by atoms with van der Waals surface area (Å²) in [4.78, 5) is 21.6. The molecule has 0 atom stereocenters. The third kappa shape index (κ3) is 4.39. The van der Waals surface area contributed by atoms with Crippen LogP contribution in [0.25, 0.3) is 0 Å². The Morgan fingerprint density at radius 2 is 2.13 bits per heavy atom. The standard InChI is InChI=1S/C17H21N3O2S/c1-5-20(4)10-18-14-7-11(2)13(6-12(14)3)8-16-19-15(9-23-16)17(21)22/h6-7,9-10H,5,8H2,1-4H3,(H,21,22). The lowest BCUT2D eigenvalue weighted by molar-refractivity contribution is 0.0691. The maximum Gasteiger partial charge on any atom is 0.355 e. The molecule has 0 radical (unpaired) electrons. The first-order valence-corrected chi connectivity index (χ1v) is 8.31. The van der Waals surface area contributed by atoms with E-state index in [0.717, 1.165) is 33.9 Å². The van der Waals surface area contributed by atoms with E-state index < -0.39 is 5.97 Å². The van der Waals surface area contributed by atoms with Gasteiger partial charge in [0.15, 0.2) is 5.69 Å². The van der Waals surface area contributed by atoms with Gasteiger partial charge in [0, 0.05) is 25.4 Å². The average Bonchev–Trinajstić information content (AvgIpc) is 2.97. The van der Waals surface area contributed by atoms with E-state index >= 15 is 0 Å². The van der Waals surface area contributed by atoms with Crippen molar-refractivity contribution in [1.29, 1.82) is 0 Å². The van der Waals surface area contributed by atoms with Crippen molar-refractivity contribution in [2.24, 2.45) is 4.99 Å². The van der Waals surface area contributed by atoms with E-state index in [-0.39, 0.29) is 5.69 Å². The number of aliphatic imine (C=N–C) groups is 1. The number of aromatic carboxylic acids is 1. The van der Waals surface area contributed by atoms with Crippen molar-refractivity contribution < 1.29 is 9.90 Å². The molecule has 0 aliphatic carbocycles. The van der Waals surface area contributed by atoms with Gasteiger partial charge in [0.2, 0.25) is 0 Å². The van der Waals surface area contributed by atoms with Crippen LogP contribution in [0.15, 0.2) is 22.5 Å². The number of benzene rings is 1. The van der Waals surface area contributed by atoms with Gasteiger partial charge in [0.05, 0.1) is 17.0 Å². The van der Waals surface area contributed by atoms with Crippen LogP contribution in [0, 0.1) is 13.8 Å². The zero-order valence-electron chi connectivity index (χ0n) is 13.8. The van der Waals surface area contributed by atoms with Crippen molar-refractivity contribution in [3.63, 3.8) is 0 Å². The first-order chi connectivity index (χ1) is 10.9. The van der Waals surface area contributed by atoms with Crippen LogP contribution in [0.2, 0.25) is 0 Å². The van der Waals surface area contributed by atoms with Crippen molar-refractivity contribution in [3.05, 3.63) is 44.9 Å². The summed E-state index contributed by atoms with van der Waals surface area (Å²) in [7, 11) is 1.99. The number of carbonyl (C=O) groups is 1. The van der Waals surface area contributed by atoms with Crippen LogP contribution >= 0.6 is 11.3 Å². The maximum atomic E-state index is 10.9. The van der Waals surface area contributed by atoms with Crippen molar-refractivity contribution in [3.8, 4) is 0 Å². The summed E-state index contributed by atoms with van der Waals surface area (Å²) in [5.41, 5.74) is 4.45. The second kappa shape index (κ2) is 7.37. The smallest absolute Gasteiger partial charge is 0.355 e. The van der Waals surface area contributed by atoms with Crippen molar-refractivity contribution >= 4 is 29.3 Å². The highest BCUT2D eigenvalue weighted by atomic mass is 32.1. The van der Waals surface area contributed by atoms with Gasteiger partial charge >= 0.3 is 5.97 Å². The van der Waals surface area contributed by atoms with Crippen LogP contribution < -0.4 is 0 Å². The Balaban J connectivity index is 2.22. The van der Waals surface area contributed by atoms with E-state index in [1.807, 2.05) is 32.1 Å². The summed E-state index contributed by atoms with van der Waals surface area (Å²) in [5.74, 6) is -0.981. The first kappa shape index (κ1) is 17.1. The summed E-state index contributed by atoms with van der Waals surface area (Å²) in [6.45, 7) is 7.07. The molecule has 5 nitrogen and oxygen atoms in total. The summed E-state index contributed by atoms with van der Waals surface area (Å²) in [5, 5.41) is 11.3. The maximum absolute atomic E-state index is 10.9. The highest BCUT2D eigenvalue weighted by molar-refractivity contribution is 7.09. The number of nitrogens with zero attached hydrogens (tertiary/aromatic N) is 3. The molecule has 0 amide bonds. The fourth-order valence-electron chi connectivity index (χ4n) is 2.09. The molecule has 0 saturated carbocycles. The highest BCUT2D eigenvalue weighted by Crippen LogP contribution is 2.25. The van der Waals surface area contributed by atoms with E-state index in [2.05, 4.69) is 29.0 Å². The second-order valence-electron chi connectivity index (χ2n) is 5.49. The number of rotatable bonds is 6. The molecule has 2 rings (SSSR count). The van der Waals surface area contributed by atoms with Gasteiger partial charge < -0.3 is 10.0 Å². The predicted molar refractivity (Wildman–Crippen MR) is 94.3 cm³/mol. The highest BCUT2D eigenvalue weighted by Gasteiger charge is 2.11. The van der Waals surface area contributed by atoms with Gasteiger partial charge in [0.25, 0.3) is 0 Å². The monoisotopic (exact) mass is 331 g/mol. The minimum absolute atomic E-state index is 0.114. The molecule has 1 N–H and O–H groups in total. The number of carboxylic acids is 1. The van der Waals surface area contributed by atoms with Gasteiger partial charge in [-0.1, -0.05) is 6.07 Å². The lowest BCUT2D eigenvalue weighted by Crippen LogP contribution is -2.14. The van der Waals surface area contributed by atoms with Gasteiger partial charge in [-0.25, -0.2) is 14.8 Å². The molecular weight excluding hydrogens is 310 g/mol. The molecule has 1 aromatic carbocycles. The Hall–Kier alpha value is -2.21. The van der Waals surface area contributed by atoms with Crippen LogP contribution in [0.5, 0.6) is 0 Å². The van der Waals surface area contributed by atoms with Crippen molar-refractivity contribution in [1.82, 2.24) is 9.88 Å². The Labute approximate surface area is 140 Å². The topological polar surface area (TPSA) is 65.8 Å². The molecule has 1 aromatic heterocycles. The molecule has 0 bridgehead atoms. The number of aryl methyl sites for hydroxylation is 2. The fraction of sp³-hybridized carbons (Fsp3) is 0.353. The number of aromatic nitrogens is 1. The molecule has 0 unspecified atom stereocenters. The first-order valence-electron chi connectivity index (χ1n) is 7.43. The van der Waals surface area contributed by atoms with Crippen LogP contribution in [-0.4, -0.2) is 40.9 Å². The summed E-state index contributed by atoms with van der Waals surface area (Å²) >= 11 is 1.38. The third-order valence-corrected chi connectivity index (χ3v) is 4.51. The predicted octanol–water partition coefficient (Wildman–Crippen LogP) is 3.66. The van der Waals surface area contributed by atoms with E-state index in [1.54, 1.807) is 5.38 Å². The van der Waals surface area contributed by atoms with E-state index in [0.29, 0.717) is 6.42 Å². The second-order valence-corrected chi connectivity index (χ2v) is 6.43. The lowest BCUT2D eigenvalue weighted by atomic mass is 10.0. The van der Waals surface area contributed by atoms with Crippen LogP contribution in [0.3, 0.4) is 0 Å². The van der Waals surface area contributed by atoms with Gasteiger partial charge in [-0.2, -0.15) is 0 Å². The van der Waals surface area contributed by atoms with Gasteiger partial charge in [-0.05, 0) is 43.5 Å². The molecule has 1 heterocycles. The Bertz CT molecular complexity index is 737. The van der Waals surface area contributed by atoms with E-state index in [9.17, 15) is 4.79 Å². The zero-order chi connectivity index (χ0) is 17.0. The molecule has 122 valence electrons. The van der Waals surface area contributed by atoms with Gasteiger partial charge in [0.1, 0.15) is 0 Å². The molecule has 0 spiro atoms. The molecule has 6 heteroatoms. The minimum atomic E-state index is -0.981. The Morgan fingerprint density at radius 3 is 2.74 bits per heavy atom. The van der Waals surface area contributed by atoms with Crippen LogP contribution in [0.1, 0.15) is 39.1 Å². The zero-order valence-corrected chi connectivity index (χ0v) is 14.6. The van der Waals surface area contributed by atoms with Crippen LogP contribution in [0.4, 0.5) is 5.69 Å². The van der Waals surface area contributed by atoms with E-state index in [1.165, 1.54) is 11.3 Å². The third-order valence-electron chi connectivity index (χ3n) is 3.66. The van der Waals surface area contributed by atoms with Crippen molar-refractivity contribution in [2.45, 2.75) is 27.2 Å².